The summed E-state index contributed by atoms with van der Waals surface area (Å²) in [4.78, 5) is 35.9. The normalized spacial score (nSPS) is 16.5. The summed E-state index contributed by atoms with van der Waals surface area (Å²) in [6, 6.07) is 11.3. The van der Waals surface area contributed by atoms with Gasteiger partial charge in [-0.05, 0) is 30.5 Å². The number of nitrogens with zero attached hydrogens (tertiary/aromatic N) is 2. The number of non-ortho nitro benzene ring substituents is 1. The van der Waals surface area contributed by atoms with Crippen molar-refractivity contribution in [2.45, 2.75) is 19.3 Å². The van der Waals surface area contributed by atoms with Gasteiger partial charge in [0.05, 0.1) is 10.5 Å². The van der Waals surface area contributed by atoms with Crippen LogP contribution >= 0.6 is 0 Å². The number of amides is 1. The number of nitro benzene ring substituents is 1. The van der Waals surface area contributed by atoms with Crippen LogP contribution in [0.4, 0.5) is 5.69 Å². The van der Waals surface area contributed by atoms with Gasteiger partial charge in [-0.25, -0.2) is 4.79 Å². The number of hydrogen-bond donors (Lipinski definition) is 1. The Hall–Kier alpha value is -3.22. The van der Waals surface area contributed by atoms with E-state index in [0.717, 1.165) is 24.1 Å². The maximum atomic E-state index is 12.8. The Morgan fingerprint density at radius 2 is 1.88 bits per heavy atom. The fraction of sp³-hybridized carbons (Fsp3) is 0.263. The van der Waals surface area contributed by atoms with E-state index in [-0.39, 0.29) is 23.0 Å². The van der Waals surface area contributed by atoms with Crippen LogP contribution < -0.4 is 0 Å². The zero-order valence-electron chi connectivity index (χ0n) is 14.2. The van der Waals surface area contributed by atoms with Gasteiger partial charge >= 0.3 is 5.97 Å². The molecule has 2 aromatic carbocycles. The molecule has 7 nitrogen and oxygen atoms in total. The topological polar surface area (TPSA) is 101 Å². The summed E-state index contributed by atoms with van der Waals surface area (Å²) in [6.45, 7) is 3.07. The molecule has 0 saturated carbocycles. The van der Waals surface area contributed by atoms with Crippen molar-refractivity contribution in [1.82, 2.24) is 4.90 Å². The standard InChI is InChI=1S/C19H18N2O5/c1-12-4-2-3-5-17(12)13-6-7-20(11-13)18(22)14-8-15(19(23)24)10-16(9-14)21(25)26/h2-5,8-10,13H,6-7,11H2,1H3,(H,23,24). The Balaban J connectivity index is 1.85. The molecule has 1 aliphatic heterocycles. The molecule has 26 heavy (non-hydrogen) atoms. The second kappa shape index (κ2) is 6.95. The van der Waals surface area contributed by atoms with Crippen LogP contribution in [0, 0.1) is 17.0 Å². The smallest absolute Gasteiger partial charge is 0.335 e. The fourth-order valence-electron chi connectivity index (χ4n) is 3.39. The zero-order valence-corrected chi connectivity index (χ0v) is 14.2. The number of carbonyl (C=O) groups is 2. The van der Waals surface area contributed by atoms with Crippen LogP contribution in [0.2, 0.25) is 0 Å². The van der Waals surface area contributed by atoms with Crippen LogP contribution in [0.5, 0.6) is 0 Å². The molecule has 134 valence electrons. The number of benzene rings is 2. The number of likely N-dealkylation sites (tertiary alicyclic amines) is 1. The van der Waals surface area contributed by atoms with E-state index in [1.807, 2.05) is 31.2 Å². The second-order valence-corrected chi connectivity index (χ2v) is 6.42. The zero-order chi connectivity index (χ0) is 18.8. The Labute approximate surface area is 150 Å². The molecule has 1 heterocycles. The molecule has 7 heteroatoms. The third kappa shape index (κ3) is 3.42. The molecule has 1 saturated heterocycles. The Bertz CT molecular complexity index is 861. The lowest BCUT2D eigenvalue weighted by Crippen LogP contribution is -2.28. The van der Waals surface area contributed by atoms with Crippen molar-refractivity contribution >= 4 is 17.6 Å². The first-order valence-electron chi connectivity index (χ1n) is 8.24. The number of carboxylic acid groups (broad SMARTS) is 1. The number of carbonyl (C=O) groups excluding carboxylic acids is 1. The molecule has 0 bridgehead atoms. The highest BCUT2D eigenvalue weighted by Crippen LogP contribution is 2.30. The van der Waals surface area contributed by atoms with Crippen molar-refractivity contribution in [2.75, 3.05) is 13.1 Å². The monoisotopic (exact) mass is 354 g/mol. The molecule has 1 aliphatic rings. The molecular weight excluding hydrogens is 336 g/mol. The quantitative estimate of drug-likeness (QED) is 0.671. The van der Waals surface area contributed by atoms with E-state index in [0.29, 0.717) is 13.1 Å². The van der Waals surface area contributed by atoms with Gasteiger partial charge in [0.25, 0.3) is 11.6 Å². The van der Waals surface area contributed by atoms with Gasteiger partial charge in [-0.2, -0.15) is 0 Å². The SMILES string of the molecule is Cc1ccccc1C1CCN(C(=O)c2cc(C(=O)O)cc([N+](=O)[O-])c2)C1. The first kappa shape index (κ1) is 17.6. The molecule has 1 atom stereocenters. The lowest BCUT2D eigenvalue weighted by Gasteiger charge is -2.18. The van der Waals surface area contributed by atoms with Crippen LogP contribution in [-0.2, 0) is 0 Å². The molecule has 3 rings (SSSR count). The number of aromatic carboxylic acids is 1. The first-order chi connectivity index (χ1) is 12.4. The maximum absolute atomic E-state index is 12.8. The van der Waals surface area contributed by atoms with Crippen LogP contribution in [0.15, 0.2) is 42.5 Å². The lowest BCUT2D eigenvalue weighted by molar-refractivity contribution is -0.384. The van der Waals surface area contributed by atoms with Crippen LogP contribution in [0.1, 0.15) is 44.2 Å². The highest BCUT2D eigenvalue weighted by atomic mass is 16.6. The predicted molar refractivity (Wildman–Crippen MR) is 94.5 cm³/mol. The minimum atomic E-state index is -1.30. The largest absolute Gasteiger partial charge is 0.478 e. The Morgan fingerprint density at radius 3 is 2.54 bits per heavy atom. The van der Waals surface area contributed by atoms with Crippen molar-refractivity contribution in [1.29, 1.82) is 0 Å². The molecule has 0 aromatic heterocycles. The average Bonchev–Trinajstić information content (AvgIpc) is 3.10. The summed E-state index contributed by atoms with van der Waals surface area (Å²) >= 11 is 0. The van der Waals surface area contributed by atoms with Crippen LogP contribution in [0.25, 0.3) is 0 Å². The van der Waals surface area contributed by atoms with Gasteiger partial charge in [0.15, 0.2) is 0 Å². The van der Waals surface area contributed by atoms with E-state index in [2.05, 4.69) is 0 Å². The summed E-state index contributed by atoms with van der Waals surface area (Å²) in [5, 5.41) is 20.2. The fourth-order valence-corrected chi connectivity index (χ4v) is 3.39. The van der Waals surface area contributed by atoms with Crippen molar-refractivity contribution in [3.8, 4) is 0 Å². The highest BCUT2D eigenvalue weighted by Gasteiger charge is 2.30. The van der Waals surface area contributed by atoms with Gasteiger partial charge in [-0.15, -0.1) is 0 Å². The van der Waals surface area contributed by atoms with E-state index in [1.54, 1.807) is 4.90 Å². The summed E-state index contributed by atoms with van der Waals surface area (Å²) in [7, 11) is 0. The molecule has 0 radical (unpaired) electrons. The highest BCUT2D eigenvalue weighted by molar-refractivity contribution is 5.98. The average molecular weight is 354 g/mol. The van der Waals surface area contributed by atoms with Gasteiger partial charge in [-0.3, -0.25) is 14.9 Å². The predicted octanol–water partition coefficient (Wildman–Crippen LogP) is 3.23. The van der Waals surface area contributed by atoms with Crippen LogP contribution in [-0.4, -0.2) is 39.9 Å². The van der Waals surface area contributed by atoms with Crippen LogP contribution in [0.3, 0.4) is 0 Å². The second-order valence-electron chi connectivity index (χ2n) is 6.42. The molecule has 0 aliphatic carbocycles. The third-order valence-corrected chi connectivity index (χ3v) is 4.73. The molecule has 1 N–H and O–H groups in total. The lowest BCUT2D eigenvalue weighted by atomic mass is 9.94. The van der Waals surface area contributed by atoms with Gasteiger partial charge in [0, 0.05) is 36.7 Å². The molecular formula is C19H18N2O5. The van der Waals surface area contributed by atoms with Gasteiger partial charge in [-0.1, -0.05) is 24.3 Å². The Morgan fingerprint density at radius 1 is 1.19 bits per heavy atom. The minimum Gasteiger partial charge on any atom is -0.478 e. The molecule has 1 amide bonds. The molecule has 0 spiro atoms. The van der Waals surface area contributed by atoms with E-state index < -0.39 is 16.6 Å². The summed E-state index contributed by atoms with van der Waals surface area (Å²) in [5.41, 5.74) is 1.71. The van der Waals surface area contributed by atoms with Gasteiger partial charge < -0.3 is 10.0 Å². The maximum Gasteiger partial charge on any atom is 0.335 e. The van der Waals surface area contributed by atoms with E-state index >= 15 is 0 Å². The number of rotatable bonds is 4. The summed E-state index contributed by atoms with van der Waals surface area (Å²) in [5.74, 6) is -1.48. The number of aryl methyl sites for hydroxylation is 1. The summed E-state index contributed by atoms with van der Waals surface area (Å²) < 4.78 is 0. The minimum absolute atomic E-state index is 0.0297. The third-order valence-electron chi connectivity index (χ3n) is 4.73. The molecule has 1 fully saturated rings. The van der Waals surface area contributed by atoms with Gasteiger partial charge in [0.1, 0.15) is 0 Å². The number of nitro groups is 1. The molecule has 2 aromatic rings. The van der Waals surface area contributed by atoms with Crippen molar-refractivity contribution < 1.29 is 19.6 Å². The number of carboxylic acids is 1. The van der Waals surface area contributed by atoms with E-state index in [1.165, 1.54) is 11.6 Å². The van der Waals surface area contributed by atoms with E-state index in [4.69, 9.17) is 5.11 Å². The van der Waals surface area contributed by atoms with Crippen molar-refractivity contribution in [2.24, 2.45) is 0 Å². The van der Waals surface area contributed by atoms with Crippen molar-refractivity contribution in [3.63, 3.8) is 0 Å². The van der Waals surface area contributed by atoms with Crippen molar-refractivity contribution in [3.05, 3.63) is 74.8 Å². The number of hydrogen-bond acceptors (Lipinski definition) is 4. The van der Waals surface area contributed by atoms with Gasteiger partial charge in [0.2, 0.25) is 0 Å². The Kier molecular flexibility index (Phi) is 4.71. The molecule has 1 unspecified atom stereocenters. The summed E-state index contributed by atoms with van der Waals surface area (Å²) in [6.07, 6.45) is 0.803. The van der Waals surface area contributed by atoms with E-state index in [9.17, 15) is 19.7 Å². The first-order valence-corrected chi connectivity index (χ1v) is 8.24.